The SMILES string of the molecule is CCC(C#N)N1CCN(Cc2cccs2)CC1. The number of hydrogen-bond acceptors (Lipinski definition) is 4. The highest BCUT2D eigenvalue weighted by Gasteiger charge is 2.22. The monoisotopic (exact) mass is 249 g/mol. The summed E-state index contributed by atoms with van der Waals surface area (Å²) in [6.45, 7) is 7.36. The Kier molecular flexibility index (Phi) is 4.55. The molecule has 0 bridgehead atoms. The van der Waals surface area contributed by atoms with Gasteiger partial charge < -0.3 is 0 Å². The normalized spacial score (nSPS) is 20.0. The molecule has 2 heterocycles. The zero-order chi connectivity index (χ0) is 12.1. The van der Waals surface area contributed by atoms with Crippen molar-refractivity contribution >= 4 is 11.3 Å². The molecule has 1 aromatic rings. The van der Waals surface area contributed by atoms with Gasteiger partial charge in [-0.05, 0) is 17.9 Å². The van der Waals surface area contributed by atoms with E-state index in [0.29, 0.717) is 0 Å². The Hall–Kier alpha value is -0.890. The van der Waals surface area contributed by atoms with E-state index in [-0.39, 0.29) is 6.04 Å². The van der Waals surface area contributed by atoms with E-state index in [4.69, 9.17) is 5.26 Å². The molecule has 1 aromatic heterocycles. The maximum absolute atomic E-state index is 9.05. The maximum Gasteiger partial charge on any atom is 0.0976 e. The van der Waals surface area contributed by atoms with E-state index in [1.165, 1.54) is 4.88 Å². The summed E-state index contributed by atoms with van der Waals surface area (Å²) in [7, 11) is 0. The van der Waals surface area contributed by atoms with Gasteiger partial charge in [-0.2, -0.15) is 5.26 Å². The first-order chi connectivity index (χ1) is 8.33. The van der Waals surface area contributed by atoms with E-state index in [1.807, 2.05) is 11.3 Å². The molecule has 0 N–H and O–H groups in total. The fourth-order valence-corrected chi connectivity index (χ4v) is 3.03. The van der Waals surface area contributed by atoms with Gasteiger partial charge in [0.15, 0.2) is 0 Å². The second-order valence-electron chi connectivity index (χ2n) is 4.44. The van der Waals surface area contributed by atoms with Crippen molar-refractivity contribution in [1.82, 2.24) is 9.80 Å². The first-order valence-electron chi connectivity index (χ1n) is 6.22. The van der Waals surface area contributed by atoms with Gasteiger partial charge in [-0.25, -0.2) is 0 Å². The summed E-state index contributed by atoms with van der Waals surface area (Å²) in [5.41, 5.74) is 0. The molecule has 0 saturated carbocycles. The van der Waals surface area contributed by atoms with Gasteiger partial charge in [0.1, 0.15) is 0 Å². The third-order valence-electron chi connectivity index (χ3n) is 3.34. The maximum atomic E-state index is 9.05. The largest absolute Gasteiger partial charge is 0.296 e. The third-order valence-corrected chi connectivity index (χ3v) is 4.20. The molecule has 1 atom stereocenters. The molecule has 0 amide bonds. The van der Waals surface area contributed by atoms with Crippen molar-refractivity contribution in [2.75, 3.05) is 26.2 Å². The topological polar surface area (TPSA) is 30.3 Å². The van der Waals surface area contributed by atoms with Crippen LogP contribution in [0.1, 0.15) is 18.2 Å². The van der Waals surface area contributed by atoms with E-state index < -0.39 is 0 Å². The van der Waals surface area contributed by atoms with E-state index in [1.54, 1.807) is 0 Å². The number of thiophene rings is 1. The lowest BCUT2D eigenvalue weighted by atomic mass is 10.2. The van der Waals surface area contributed by atoms with Crippen molar-refractivity contribution in [2.24, 2.45) is 0 Å². The van der Waals surface area contributed by atoms with Crippen LogP contribution in [0.5, 0.6) is 0 Å². The summed E-state index contributed by atoms with van der Waals surface area (Å²) < 4.78 is 0. The van der Waals surface area contributed by atoms with E-state index in [9.17, 15) is 0 Å². The van der Waals surface area contributed by atoms with Gasteiger partial charge in [0.05, 0.1) is 12.1 Å². The molecule has 92 valence electrons. The van der Waals surface area contributed by atoms with Crippen LogP contribution in [-0.4, -0.2) is 42.0 Å². The molecule has 1 aliphatic rings. The Bertz CT molecular complexity index is 361. The van der Waals surface area contributed by atoms with Crippen LogP contribution in [0.4, 0.5) is 0 Å². The van der Waals surface area contributed by atoms with E-state index >= 15 is 0 Å². The second-order valence-corrected chi connectivity index (χ2v) is 5.48. The van der Waals surface area contributed by atoms with Crippen LogP contribution < -0.4 is 0 Å². The van der Waals surface area contributed by atoms with Crippen molar-refractivity contribution in [2.45, 2.75) is 25.9 Å². The predicted octanol–water partition coefficient (Wildman–Crippen LogP) is 2.17. The lowest BCUT2D eigenvalue weighted by molar-refractivity contribution is 0.109. The molecule has 1 fully saturated rings. The molecule has 1 saturated heterocycles. The van der Waals surface area contributed by atoms with E-state index in [2.05, 4.69) is 40.3 Å². The van der Waals surface area contributed by atoms with Crippen molar-refractivity contribution in [3.05, 3.63) is 22.4 Å². The van der Waals surface area contributed by atoms with Gasteiger partial charge in [0, 0.05) is 37.6 Å². The van der Waals surface area contributed by atoms with Crippen LogP contribution in [0, 0.1) is 11.3 Å². The van der Waals surface area contributed by atoms with Crippen molar-refractivity contribution in [3.8, 4) is 6.07 Å². The first kappa shape index (κ1) is 12.6. The fraction of sp³-hybridized carbons (Fsp3) is 0.615. The van der Waals surface area contributed by atoms with Crippen LogP contribution in [0.15, 0.2) is 17.5 Å². The Morgan fingerprint density at radius 3 is 2.71 bits per heavy atom. The highest BCUT2D eigenvalue weighted by Crippen LogP contribution is 2.15. The molecule has 1 unspecified atom stereocenters. The standard InChI is InChI=1S/C13H19N3S/c1-2-12(10-14)16-7-5-15(6-8-16)11-13-4-3-9-17-13/h3-4,9,12H,2,5-8,11H2,1H3. The molecule has 0 aromatic carbocycles. The van der Waals surface area contributed by atoms with E-state index in [0.717, 1.165) is 39.1 Å². The van der Waals surface area contributed by atoms with Crippen LogP contribution in [0.25, 0.3) is 0 Å². The van der Waals surface area contributed by atoms with Crippen LogP contribution >= 0.6 is 11.3 Å². The number of piperazine rings is 1. The highest BCUT2D eigenvalue weighted by atomic mass is 32.1. The van der Waals surface area contributed by atoms with Crippen LogP contribution in [0.3, 0.4) is 0 Å². The van der Waals surface area contributed by atoms with Gasteiger partial charge in [-0.15, -0.1) is 11.3 Å². The average Bonchev–Trinajstić information content (AvgIpc) is 2.86. The molecule has 2 rings (SSSR count). The predicted molar refractivity (Wildman–Crippen MR) is 70.9 cm³/mol. The lowest BCUT2D eigenvalue weighted by Gasteiger charge is -2.36. The van der Waals surface area contributed by atoms with Gasteiger partial charge in [-0.1, -0.05) is 13.0 Å². The molecule has 0 aliphatic carbocycles. The van der Waals surface area contributed by atoms with Gasteiger partial charge in [0.25, 0.3) is 0 Å². The van der Waals surface area contributed by atoms with Crippen molar-refractivity contribution in [3.63, 3.8) is 0 Å². The van der Waals surface area contributed by atoms with Gasteiger partial charge >= 0.3 is 0 Å². The third kappa shape index (κ3) is 3.29. The Morgan fingerprint density at radius 1 is 1.41 bits per heavy atom. The first-order valence-corrected chi connectivity index (χ1v) is 7.10. The summed E-state index contributed by atoms with van der Waals surface area (Å²) in [6.07, 6.45) is 0.932. The minimum absolute atomic E-state index is 0.110. The van der Waals surface area contributed by atoms with Crippen LogP contribution in [0.2, 0.25) is 0 Å². The number of rotatable bonds is 4. The zero-order valence-electron chi connectivity index (χ0n) is 10.3. The molecule has 0 spiro atoms. The Morgan fingerprint density at radius 2 is 2.18 bits per heavy atom. The second kappa shape index (κ2) is 6.15. The molecule has 3 nitrogen and oxygen atoms in total. The Labute approximate surface area is 107 Å². The van der Waals surface area contributed by atoms with Crippen molar-refractivity contribution < 1.29 is 0 Å². The number of nitriles is 1. The summed E-state index contributed by atoms with van der Waals surface area (Å²) in [6, 6.07) is 6.81. The number of nitrogens with zero attached hydrogens (tertiary/aromatic N) is 3. The van der Waals surface area contributed by atoms with Gasteiger partial charge in [0.2, 0.25) is 0 Å². The summed E-state index contributed by atoms with van der Waals surface area (Å²) in [4.78, 5) is 6.22. The minimum atomic E-state index is 0.110. The lowest BCUT2D eigenvalue weighted by Crippen LogP contribution is -2.49. The highest BCUT2D eigenvalue weighted by molar-refractivity contribution is 7.09. The molecular formula is C13H19N3S. The average molecular weight is 249 g/mol. The van der Waals surface area contributed by atoms with Gasteiger partial charge in [-0.3, -0.25) is 9.80 Å². The molecule has 1 aliphatic heterocycles. The Balaban J connectivity index is 1.80. The molecule has 4 heteroatoms. The summed E-state index contributed by atoms with van der Waals surface area (Å²) in [5, 5.41) is 11.2. The zero-order valence-corrected chi connectivity index (χ0v) is 11.1. The molecule has 17 heavy (non-hydrogen) atoms. The quantitative estimate of drug-likeness (QED) is 0.819. The fourth-order valence-electron chi connectivity index (χ4n) is 2.29. The van der Waals surface area contributed by atoms with Crippen molar-refractivity contribution in [1.29, 1.82) is 5.26 Å². The molecular weight excluding hydrogens is 230 g/mol. The minimum Gasteiger partial charge on any atom is -0.296 e. The number of hydrogen-bond donors (Lipinski definition) is 0. The van der Waals surface area contributed by atoms with Crippen LogP contribution in [-0.2, 0) is 6.54 Å². The smallest absolute Gasteiger partial charge is 0.0976 e. The molecule has 0 radical (unpaired) electrons. The summed E-state index contributed by atoms with van der Waals surface area (Å²) in [5.74, 6) is 0. The summed E-state index contributed by atoms with van der Waals surface area (Å²) >= 11 is 1.83.